The molecule has 0 spiro atoms. The van der Waals surface area contributed by atoms with Crippen molar-refractivity contribution in [3.05, 3.63) is 72.8 Å². The second-order valence-electron chi connectivity index (χ2n) is 4.99. The monoisotopic (exact) mass is 333 g/mol. The Bertz CT molecular complexity index is 979. The van der Waals surface area contributed by atoms with Gasteiger partial charge in [-0.05, 0) is 46.8 Å². The van der Waals surface area contributed by atoms with E-state index in [1.165, 1.54) is 22.0 Å². The quantitative estimate of drug-likeness (QED) is 0.411. The molecule has 0 saturated heterocycles. The Hall–Kier alpha value is -3.88. The third-order valence-corrected chi connectivity index (χ3v) is 3.35. The first-order valence-corrected chi connectivity index (χ1v) is 7.33. The number of tetrazole rings is 1. The molecule has 2 heterocycles. The molecule has 122 valence electrons. The van der Waals surface area contributed by atoms with Crippen LogP contribution in [0.2, 0.25) is 0 Å². The van der Waals surface area contributed by atoms with Gasteiger partial charge in [-0.25, -0.2) is 9.48 Å². The van der Waals surface area contributed by atoms with Crippen LogP contribution in [0, 0.1) is 0 Å². The van der Waals surface area contributed by atoms with Crippen LogP contribution in [0.15, 0.2) is 67.1 Å². The molecule has 4 rings (SSSR count). The lowest BCUT2D eigenvalue weighted by molar-refractivity contribution is 0.0728. The summed E-state index contributed by atoms with van der Waals surface area (Å²) in [7, 11) is 0. The Morgan fingerprint density at radius 3 is 2.48 bits per heavy atom. The molecule has 9 nitrogen and oxygen atoms in total. The zero-order valence-electron chi connectivity index (χ0n) is 12.8. The standard InChI is InChI=1S/C16H11N7O2/c24-16(15-10-18-23(19-15)13-4-2-1-3-5-13)25-14-8-6-12(7-9-14)22-11-17-20-21-22/h1-11H. The van der Waals surface area contributed by atoms with Crippen molar-refractivity contribution >= 4 is 5.97 Å². The highest BCUT2D eigenvalue weighted by Gasteiger charge is 2.14. The molecule has 0 aliphatic rings. The van der Waals surface area contributed by atoms with E-state index < -0.39 is 5.97 Å². The Labute approximate surface area is 141 Å². The summed E-state index contributed by atoms with van der Waals surface area (Å²) < 4.78 is 6.80. The fraction of sp³-hybridized carbons (Fsp3) is 0. The molecule has 4 aromatic rings. The highest BCUT2D eigenvalue weighted by molar-refractivity contribution is 5.88. The molecule has 0 bridgehead atoms. The molecule has 0 radical (unpaired) electrons. The highest BCUT2D eigenvalue weighted by atomic mass is 16.5. The Kier molecular flexibility index (Phi) is 3.71. The number of carbonyl (C=O) groups excluding carboxylic acids is 1. The normalized spacial score (nSPS) is 10.6. The van der Waals surface area contributed by atoms with Gasteiger partial charge in [0.2, 0.25) is 0 Å². The summed E-state index contributed by atoms with van der Waals surface area (Å²) in [4.78, 5) is 13.6. The van der Waals surface area contributed by atoms with Crippen LogP contribution in [0.25, 0.3) is 11.4 Å². The van der Waals surface area contributed by atoms with Crippen LogP contribution in [0.1, 0.15) is 10.5 Å². The maximum Gasteiger partial charge on any atom is 0.365 e. The summed E-state index contributed by atoms with van der Waals surface area (Å²) in [5.41, 5.74) is 1.63. The minimum atomic E-state index is -0.586. The fourth-order valence-corrected chi connectivity index (χ4v) is 2.15. The lowest BCUT2D eigenvalue weighted by atomic mass is 10.3. The smallest absolute Gasteiger partial charge is 0.365 e. The number of ether oxygens (including phenoxy) is 1. The lowest BCUT2D eigenvalue weighted by Crippen LogP contribution is -2.10. The summed E-state index contributed by atoms with van der Waals surface area (Å²) in [5, 5.41) is 19.1. The van der Waals surface area contributed by atoms with Crippen molar-refractivity contribution in [2.24, 2.45) is 0 Å². The third-order valence-electron chi connectivity index (χ3n) is 3.35. The first kappa shape index (κ1) is 14.7. The van der Waals surface area contributed by atoms with Crippen molar-refractivity contribution in [2.45, 2.75) is 0 Å². The van der Waals surface area contributed by atoms with E-state index in [0.29, 0.717) is 5.75 Å². The molecular formula is C16H11N7O2. The molecule has 9 heteroatoms. The van der Waals surface area contributed by atoms with Crippen molar-refractivity contribution < 1.29 is 9.53 Å². The van der Waals surface area contributed by atoms with Crippen molar-refractivity contribution in [2.75, 3.05) is 0 Å². The van der Waals surface area contributed by atoms with Gasteiger partial charge in [0.25, 0.3) is 0 Å². The molecular weight excluding hydrogens is 322 g/mol. The molecule has 0 fully saturated rings. The number of hydrogen-bond acceptors (Lipinski definition) is 7. The van der Waals surface area contributed by atoms with Crippen LogP contribution < -0.4 is 4.74 Å². The van der Waals surface area contributed by atoms with Crippen LogP contribution in [0.4, 0.5) is 0 Å². The van der Waals surface area contributed by atoms with Crippen molar-refractivity contribution in [3.8, 4) is 17.1 Å². The van der Waals surface area contributed by atoms with Crippen LogP contribution in [0.5, 0.6) is 5.75 Å². The van der Waals surface area contributed by atoms with Gasteiger partial charge in [0.1, 0.15) is 12.1 Å². The summed E-state index contributed by atoms with van der Waals surface area (Å²) >= 11 is 0. The molecule has 0 unspecified atom stereocenters. The Morgan fingerprint density at radius 1 is 0.960 bits per heavy atom. The van der Waals surface area contributed by atoms with Gasteiger partial charge in [0.05, 0.1) is 17.6 Å². The molecule has 0 N–H and O–H groups in total. The number of para-hydroxylation sites is 1. The number of hydrogen-bond donors (Lipinski definition) is 0. The predicted molar refractivity (Wildman–Crippen MR) is 85.5 cm³/mol. The van der Waals surface area contributed by atoms with E-state index >= 15 is 0 Å². The van der Waals surface area contributed by atoms with Gasteiger partial charge in [-0.15, -0.1) is 10.2 Å². The van der Waals surface area contributed by atoms with E-state index in [4.69, 9.17) is 4.74 Å². The molecule has 2 aromatic heterocycles. The van der Waals surface area contributed by atoms with E-state index in [9.17, 15) is 4.79 Å². The molecule has 0 saturated carbocycles. The maximum atomic E-state index is 12.2. The van der Waals surface area contributed by atoms with Gasteiger partial charge in [0.15, 0.2) is 5.69 Å². The van der Waals surface area contributed by atoms with Crippen LogP contribution in [0.3, 0.4) is 0 Å². The van der Waals surface area contributed by atoms with Gasteiger partial charge in [0, 0.05) is 0 Å². The fourth-order valence-electron chi connectivity index (χ4n) is 2.15. The van der Waals surface area contributed by atoms with Gasteiger partial charge < -0.3 is 4.74 Å². The average molecular weight is 333 g/mol. The minimum Gasteiger partial charge on any atom is -0.422 e. The van der Waals surface area contributed by atoms with Crippen LogP contribution in [-0.2, 0) is 0 Å². The lowest BCUT2D eigenvalue weighted by Gasteiger charge is -2.03. The predicted octanol–water partition coefficient (Wildman–Crippen LogP) is 1.46. The zero-order chi connectivity index (χ0) is 17.1. The zero-order valence-corrected chi connectivity index (χ0v) is 12.8. The number of aromatic nitrogens is 7. The van der Waals surface area contributed by atoms with E-state index in [-0.39, 0.29) is 5.69 Å². The molecule has 0 amide bonds. The summed E-state index contributed by atoms with van der Waals surface area (Å²) in [5.74, 6) is -0.201. The molecule has 0 aliphatic heterocycles. The second-order valence-corrected chi connectivity index (χ2v) is 4.99. The van der Waals surface area contributed by atoms with Crippen molar-refractivity contribution in [3.63, 3.8) is 0 Å². The van der Waals surface area contributed by atoms with E-state index in [1.807, 2.05) is 30.3 Å². The Morgan fingerprint density at radius 2 is 1.76 bits per heavy atom. The van der Waals surface area contributed by atoms with E-state index in [2.05, 4.69) is 25.7 Å². The number of carbonyl (C=O) groups is 1. The average Bonchev–Trinajstić information content (AvgIpc) is 3.35. The minimum absolute atomic E-state index is 0.119. The van der Waals surface area contributed by atoms with E-state index in [0.717, 1.165) is 11.4 Å². The number of esters is 1. The van der Waals surface area contributed by atoms with Crippen LogP contribution >= 0.6 is 0 Å². The first-order chi connectivity index (χ1) is 12.3. The Balaban J connectivity index is 1.48. The van der Waals surface area contributed by atoms with Gasteiger partial charge in [-0.3, -0.25) is 0 Å². The topological polar surface area (TPSA) is 101 Å². The number of nitrogens with zero attached hydrogens (tertiary/aromatic N) is 7. The van der Waals surface area contributed by atoms with Crippen molar-refractivity contribution in [1.82, 2.24) is 35.2 Å². The number of rotatable bonds is 4. The molecule has 25 heavy (non-hydrogen) atoms. The summed E-state index contributed by atoms with van der Waals surface area (Å²) in [6.45, 7) is 0. The molecule has 0 aliphatic carbocycles. The second kappa shape index (κ2) is 6.32. The number of benzene rings is 2. The van der Waals surface area contributed by atoms with Gasteiger partial charge in [-0.1, -0.05) is 18.2 Å². The summed E-state index contributed by atoms with van der Waals surface area (Å²) in [6, 6.07) is 16.1. The van der Waals surface area contributed by atoms with Gasteiger partial charge in [-0.2, -0.15) is 9.90 Å². The SMILES string of the molecule is O=C(Oc1ccc(-n2cnnn2)cc1)c1cnn(-c2ccccc2)n1. The van der Waals surface area contributed by atoms with Gasteiger partial charge >= 0.3 is 5.97 Å². The molecule has 2 aromatic carbocycles. The highest BCUT2D eigenvalue weighted by Crippen LogP contribution is 2.15. The van der Waals surface area contributed by atoms with Crippen molar-refractivity contribution in [1.29, 1.82) is 0 Å². The third kappa shape index (κ3) is 3.11. The summed E-state index contributed by atoms with van der Waals surface area (Å²) in [6.07, 6.45) is 2.84. The maximum absolute atomic E-state index is 12.2. The molecule has 0 atom stereocenters. The van der Waals surface area contributed by atoms with Crippen LogP contribution in [-0.4, -0.2) is 41.2 Å². The van der Waals surface area contributed by atoms with E-state index in [1.54, 1.807) is 24.3 Å². The largest absolute Gasteiger partial charge is 0.422 e. The first-order valence-electron chi connectivity index (χ1n) is 7.33.